The van der Waals surface area contributed by atoms with Crippen molar-refractivity contribution in [2.24, 2.45) is 4.99 Å². The van der Waals surface area contributed by atoms with Crippen LogP contribution in [0.15, 0.2) is 17.1 Å². The molecule has 0 aromatic heterocycles. The molecule has 0 spiro atoms. The lowest BCUT2D eigenvalue weighted by Gasteiger charge is -2.16. The van der Waals surface area contributed by atoms with Crippen molar-refractivity contribution in [3.63, 3.8) is 0 Å². The normalized spacial score (nSPS) is 12.2. The molecule has 0 bridgehead atoms. The zero-order chi connectivity index (χ0) is 18.8. The average Bonchev–Trinajstić information content (AvgIpc) is 2.59. The molecule has 1 N–H and O–H groups in total. The Morgan fingerprint density at radius 2 is 2.12 bits per heavy atom. The molecule has 1 unspecified atom stereocenters. The van der Waals surface area contributed by atoms with E-state index in [0.29, 0.717) is 12.0 Å². The number of thiol groups is 1. The highest BCUT2D eigenvalue weighted by Crippen LogP contribution is 2.24. The monoisotopic (exact) mass is 368 g/mol. The molecule has 1 atom stereocenters. The summed E-state index contributed by atoms with van der Waals surface area (Å²) in [5.41, 5.74) is 0.685. The van der Waals surface area contributed by atoms with Crippen LogP contribution in [-0.4, -0.2) is 37.0 Å². The van der Waals surface area contributed by atoms with Crippen LogP contribution in [0.3, 0.4) is 0 Å². The fraction of sp³-hybridized carbons (Fsp3) is 0.500. The summed E-state index contributed by atoms with van der Waals surface area (Å²) in [6.45, 7) is 3.47. The molecule has 1 rings (SSSR count). The van der Waals surface area contributed by atoms with E-state index >= 15 is 0 Å². The third-order valence-electron chi connectivity index (χ3n) is 3.67. The third-order valence-corrected chi connectivity index (χ3v) is 3.99. The number of aryl methyl sites for hydroxylation is 1. The number of aliphatic imine (C=N–C) groups is 1. The Morgan fingerprint density at radius 3 is 2.72 bits per heavy atom. The summed E-state index contributed by atoms with van der Waals surface area (Å²) >= 11 is 4.15. The molecule has 25 heavy (non-hydrogen) atoms. The van der Waals surface area contributed by atoms with Crippen LogP contribution in [0.1, 0.15) is 48.5 Å². The van der Waals surface area contributed by atoms with Gasteiger partial charge in [-0.05, 0) is 62.3 Å². The predicted molar refractivity (Wildman–Crippen MR) is 101 cm³/mol. The van der Waals surface area contributed by atoms with Gasteiger partial charge in [-0.25, -0.2) is 9.18 Å². The van der Waals surface area contributed by atoms with Crippen molar-refractivity contribution in [2.75, 3.05) is 18.2 Å². The molecule has 138 valence electrons. The van der Waals surface area contributed by atoms with E-state index in [9.17, 15) is 14.0 Å². The van der Waals surface area contributed by atoms with E-state index in [2.05, 4.69) is 27.7 Å². The summed E-state index contributed by atoms with van der Waals surface area (Å²) in [7, 11) is 1.21. The third kappa shape index (κ3) is 6.49. The summed E-state index contributed by atoms with van der Waals surface area (Å²) in [6.07, 6.45) is 5.01. The van der Waals surface area contributed by atoms with Gasteiger partial charge in [-0.15, -0.1) is 0 Å². The molecule has 1 amide bonds. The SMILES string of the molecule is CCC(N=CCCCCS)C(=O)Nc1c(C)cc(F)cc1C(=O)OC. The van der Waals surface area contributed by atoms with E-state index in [4.69, 9.17) is 0 Å². The number of hydrogen-bond acceptors (Lipinski definition) is 5. The molecule has 5 nitrogen and oxygen atoms in total. The van der Waals surface area contributed by atoms with Gasteiger partial charge in [0.25, 0.3) is 0 Å². The van der Waals surface area contributed by atoms with E-state index in [1.54, 1.807) is 13.1 Å². The van der Waals surface area contributed by atoms with Gasteiger partial charge >= 0.3 is 5.97 Å². The van der Waals surface area contributed by atoms with Gasteiger partial charge in [0.05, 0.1) is 18.4 Å². The number of anilines is 1. The predicted octanol–water partition coefficient (Wildman–Crippen LogP) is 3.81. The Hall–Kier alpha value is -1.89. The fourth-order valence-corrected chi connectivity index (χ4v) is 2.52. The number of benzene rings is 1. The Morgan fingerprint density at radius 1 is 1.40 bits per heavy atom. The average molecular weight is 368 g/mol. The highest BCUT2D eigenvalue weighted by atomic mass is 32.1. The molecule has 1 aromatic rings. The van der Waals surface area contributed by atoms with Crippen molar-refractivity contribution < 1.29 is 18.7 Å². The van der Waals surface area contributed by atoms with E-state index in [1.807, 2.05) is 6.92 Å². The highest BCUT2D eigenvalue weighted by Gasteiger charge is 2.21. The number of carbonyl (C=O) groups excluding carboxylic acids is 2. The van der Waals surface area contributed by atoms with Gasteiger partial charge in [0.1, 0.15) is 11.9 Å². The Bertz CT molecular complexity index is 635. The minimum atomic E-state index is -0.707. The molecule has 0 saturated heterocycles. The molecule has 0 aliphatic rings. The van der Waals surface area contributed by atoms with Gasteiger partial charge in [-0.3, -0.25) is 9.79 Å². The maximum absolute atomic E-state index is 13.6. The number of halogens is 1. The Kier molecular flexibility index (Phi) is 9.20. The summed E-state index contributed by atoms with van der Waals surface area (Å²) in [4.78, 5) is 28.6. The van der Waals surface area contributed by atoms with E-state index in [0.717, 1.165) is 31.1 Å². The minimum absolute atomic E-state index is 0.0130. The largest absolute Gasteiger partial charge is 0.465 e. The number of ether oxygens (including phenoxy) is 1. The summed E-state index contributed by atoms with van der Waals surface area (Å²) in [6, 6.07) is 1.74. The van der Waals surface area contributed by atoms with E-state index < -0.39 is 17.8 Å². The van der Waals surface area contributed by atoms with Crippen molar-refractivity contribution in [1.82, 2.24) is 0 Å². The lowest BCUT2D eigenvalue weighted by molar-refractivity contribution is -0.117. The molecule has 0 saturated carbocycles. The van der Waals surface area contributed by atoms with Crippen molar-refractivity contribution in [1.29, 1.82) is 0 Å². The van der Waals surface area contributed by atoms with Crippen LogP contribution >= 0.6 is 12.6 Å². The van der Waals surface area contributed by atoms with Crippen LogP contribution in [-0.2, 0) is 9.53 Å². The summed E-state index contributed by atoms with van der Waals surface area (Å²) in [5, 5.41) is 2.69. The van der Waals surface area contributed by atoms with Crippen LogP contribution in [0.2, 0.25) is 0 Å². The van der Waals surface area contributed by atoms with Gasteiger partial charge in [-0.2, -0.15) is 12.6 Å². The molecule has 0 heterocycles. The smallest absolute Gasteiger partial charge is 0.340 e. The molecule has 0 aliphatic heterocycles. The Balaban J connectivity index is 2.92. The molecule has 0 aliphatic carbocycles. The lowest BCUT2D eigenvalue weighted by atomic mass is 10.1. The highest BCUT2D eigenvalue weighted by molar-refractivity contribution is 7.80. The number of nitrogens with zero attached hydrogens (tertiary/aromatic N) is 1. The van der Waals surface area contributed by atoms with Gasteiger partial charge in [0.15, 0.2) is 0 Å². The molecular formula is C18H25FN2O3S. The number of hydrogen-bond donors (Lipinski definition) is 2. The van der Waals surface area contributed by atoms with Crippen molar-refractivity contribution in [3.05, 3.63) is 29.1 Å². The first kappa shape index (κ1) is 21.2. The first-order valence-electron chi connectivity index (χ1n) is 8.26. The van der Waals surface area contributed by atoms with E-state index in [1.165, 1.54) is 13.2 Å². The zero-order valence-electron chi connectivity index (χ0n) is 14.8. The number of rotatable bonds is 9. The van der Waals surface area contributed by atoms with Crippen LogP contribution in [0, 0.1) is 12.7 Å². The number of unbranched alkanes of at least 4 members (excludes halogenated alkanes) is 2. The molecular weight excluding hydrogens is 343 g/mol. The molecule has 7 heteroatoms. The second-order valence-electron chi connectivity index (χ2n) is 5.60. The quantitative estimate of drug-likeness (QED) is 0.301. The van der Waals surface area contributed by atoms with Gasteiger partial charge in [0.2, 0.25) is 5.91 Å². The number of nitrogens with one attached hydrogen (secondary N) is 1. The van der Waals surface area contributed by atoms with Crippen LogP contribution < -0.4 is 5.32 Å². The second kappa shape index (κ2) is 10.9. The van der Waals surface area contributed by atoms with Crippen molar-refractivity contribution in [3.8, 4) is 0 Å². The maximum Gasteiger partial charge on any atom is 0.340 e. The molecule has 1 aromatic carbocycles. The fourth-order valence-electron chi connectivity index (χ4n) is 2.29. The first-order valence-corrected chi connectivity index (χ1v) is 8.89. The number of esters is 1. The number of amides is 1. The summed E-state index contributed by atoms with van der Waals surface area (Å²) in [5.74, 6) is -0.787. The molecule has 0 radical (unpaired) electrons. The maximum atomic E-state index is 13.6. The summed E-state index contributed by atoms with van der Waals surface area (Å²) < 4.78 is 18.3. The minimum Gasteiger partial charge on any atom is -0.465 e. The molecule has 0 fully saturated rings. The van der Waals surface area contributed by atoms with Crippen LogP contribution in [0.4, 0.5) is 10.1 Å². The first-order chi connectivity index (χ1) is 11.9. The van der Waals surface area contributed by atoms with Gasteiger partial charge < -0.3 is 10.1 Å². The number of methoxy groups -OCH3 is 1. The topological polar surface area (TPSA) is 67.8 Å². The number of carbonyl (C=O) groups is 2. The van der Waals surface area contributed by atoms with Crippen LogP contribution in [0.25, 0.3) is 0 Å². The van der Waals surface area contributed by atoms with Crippen molar-refractivity contribution in [2.45, 2.75) is 45.6 Å². The van der Waals surface area contributed by atoms with Gasteiger partial charge in [0, 0.05) is 0 Å². The van der Waals surface area contributed by atoms with Gasteiger partial charge in [-0.1, -0.05) is 6.92 Å². The van der Waals surface area contributed by atoms with E-state index in [-0.39, 0.29) is 17.2 Å². The standard InChI is InChI=1S/C18H25FN2O3S/c1-4-15(20-8-6-5-7-9-25)17(22)21-16-12(2)10-13(19)11-14(16)18(23)24-3/h8,10-11,15,25H,4-7,9H2,1-3H3,(H,21,22). The Labute approximate surface area is 153 Å². The lowest BCUT2D eigenvalue weighted by Crippen LogP contribution is -2.27. The van der Waals surface area contributed by atoms with Crippen molar-refractivity contribution >= 4 is 36.4 Å². The second-order valence-corrected chi connectivity index (χ2v) is 6.05. The zero-order valence-corrected chi connectivity index (χ0v) is 15.7. The van der Waals surface area contributed by atoms with Crippen LogP contribution in [0.5, 0.6) is 0 Å².